The Morgan fingerprint density at radius 2 is 1.97 bits per heavy atom. The van der Waals surface area contributed by atoms with Gasteiger partial charge in [-0.1, -0.05) is 0 Å². The van der Waals surface area contributed by atoms with Crippen LogP contribution in [0.2, 0.25) is 0 Å². The highest BCUT2D eigenvalue weighted by Gasteiger charge is 2.55. The van der Waals surface area contributed by atoms with E-state index in [1.54, 1.807) is 0 Å². The lowest BCUT2D eigenvalue weighted by Crippen LogP contribution is -2.47. The van der Waals surface area contributed by atoms with E-state index < -0.39 is 11.7 Å². The second kappa shape index (κ2) is 9.44. The van der Waals surface area contributed by atoms with Crippen molar-refractivity contribution in [1.29, 1.82) is 0 Å². The van der Waals surface area contributed by atoms with E-state index in [9.17, 15) is 14.0 Å². The van der Waals surface area contributed by atoms with E-state index in [-0.39, 0.29) is 53.8 Å². The summed E-state index contributed by atoms with van der Waals surface area (Å²) in [6.45, 7) is 4.22. The molecule has 2 aliphatic heterocycles. The van der Waals surface area contributed by atoms with Gasteiger partial charge in [0.25, 0.3) is 0 Å². The van der Waals surface area contributed by atoms with E-state index in [0.717, 1.165) is 56.5 Å². The van der Waals surface area contributed by atoms with Crippen LogP contribution in [-0.2, 0) is 16.0 Å². The molecule has 6 bridgehead atoms. The standard InChI is InChI=1S/C26H33FN8O2/c1-34-4-6-35(7-5-34)20-3-2-17-9-14(20)11-21(36)29-12-16-8-15-10-18(16)23(22(15)24(28)37)32-25-19(27)13-30-26(31-17)33-25/h2-3,9,13,15-16,18,22-23H,4-8,10-12H2,1H3,(H2,28,37)(H,29,36)(H2,30,31,32,33)/t15-,16-,18+,22-,23+/m0/s1. The first-order chi connectivity index (χ1) is 17.9. The minimum Gasteiger partial charge on any atom is -0.369 e. The average molecular weight is 509 g/mol. The number of hydrogen-bond donors (Lipinski definition) is 4. The van der Waals surface area contributed by atoms with E-state index in [1.165, 1.54) is 0 Å². The molecule has 2 aliphatic carbocycles. The molecule has 0 spiro atoms. The smallest absolute Gasteiger partial charge is 0.229 e. The molecule has 196 valence electrons. The van der Waals surface area contributed by atoms with Gasteiger partial charge in [0.1, 0.15) is 0 Å². The van der Waals surface area contributed by atoms with Gasteiger partial charge in [0.05, 0.1) is 18.5 Å². The van der Waals surface area contributed by atoms with E-state index in [1.807, 2.05) is 18.2 Å². The fourth-order valence-corrected chi connectivity index (χ4v) is 6.79. The fourth-order valence-electron chi connectivity index (χ4n) is 6.79. The topological polar surface area (TPSA) is 129 Å². The largest absolute Gasteiger partial charge is 0.369 e. The van der Waals surface area contributed by atoms with Gasteiger partial charge in [-0.05, 0) is 61.4 Å². The van der Waals surface area contributed by atoms with Crippen molar-refractivity contribution in [2.24, 2.45) is 29.4 Å². The molecule has 2 aromatic rings. The number of rotatable bonds is 2. The third-order valence-corrected chi connectivity index (χ3v) is 8.61. The molecule has 4 aliphatic rings. The number of nitrogens with one attached hydrogen (secondary N) is 3. The van der Waals surface area contributed by atoms with Crippen LogP contribution in [-0.4, -0.2) is 72.5 Å². The van der Waals surface area contributed by atoms with Gasteiger partial charge < -0.3 is 31.5 Å². The van der Waals surface area contributed by atoms with Gasteiger partial charge in [0.2, 0.25) is 17.8 Å². The molecule has 10 nitrogen and oxygen atoms in total. The Balaban J connectivity index is 1.35. The number of halogens is 1. The summed E-state index contributed by atoms with van der Waals surface area (Å²) in [6, 6.07) is 5.56. The summed E-state index contributed by atoms with van der Waals surface area (Å²) in [6.07, 6.45) is 3.01. The molecule has 1 saturated heterocycles. The van der Waals surface area contributed by atoms with Crippen LogP contribution in [0, 0.1) is 29.5 Å². The molecule has 2 amide bonds. The number of hydrogen-bond acceptors (Lipinski definition) is 8. The Bertz CT molecular complexity index is 1220. The first kappa shape index (κ1) is 23.9. The summed E-state index contributed by atoms with van der Waals surface area (Å²) in [5.41, 5.74) is 8.44. The van der Waals surface area contributed by atoms with Gasteiger partial charge in [-0.3, -0.25) is 9.59 Å². The Hall–Kier alpha value is -3.47. The summed E-state index contributed by atoms with van der Waals surface area (Å²) >= 11 is 0. The van der Waals surface area contributed by atoms with Crippen LogP contribution >= 0.6 is 0 Å². The van der Waals surface area contributed by atoms with Gasteiger partial charge in [-0.2, -0.15) is 4.98 Å². The number of primary amides is 1. The molecule has 5 atom stereocenters. The second-order valence-electron chi connectivity index (χ2n) is 10.9. The Kier molecular flexibility index (Phi) is 6.10. The molecule has 6 rings (SSSR count). The third kappa shape index (κ3) is 4.56. The summed E-state index contributed by atoms with van der Waals surface area (Å²) in [5.74, 6) is -0.756. The van der Waals surface area contributed by atoms with Crippen LogP contribution in [0.3, 0.4) is 0 Å². The zero-order valence-corrected chi connectivity index (χ0v) is 20.9. The summed E-state index contributed by atoms with van der Waals surface area (Å²) < 4.78 is 14.8. The number of anilines is 4. The van der Waals surface area contributed by atoms with Crippen molar-refractivity contribution < 1.29 is 14.0 Å². The maximum Gasteiger partial charge on any atom is 0.229 e. The number of nitrogens with two attached hydrogens (primary N) is 1. The number of likely N-dealkylation sites (N-methyl/N-ethyl adjacent to an activating group) is 1. The quantitative estimate of drug-likeness (QED) is 0.478. The molecular formula is C26H33FN8O2. The van der Waals surface area contributed by atoms with Gasteiger partial charge in [0, 0.05) is 50.1 Å². The van der Waals surface area contributed by atoms with Crippen molar-refractivity contribution in [2.45, 2.75) is 25.3 Å². The highest BCUT2D eigenvalue weighted by molar-refractivity contribution is 5.82. The molecule has 5 N–H and O–H groups in total. The van der Waals surface area contributed by atoms with Crippen LogP contribution in [0.25, 0.3) is 0 Å². The molecule has 2 saturated carbocycles. The SMILES string of the molecule is CN1CCN(c2ccc3cc2CC(=O)NC[C@@H]2C[C@H]4C[C@H]2[C@@H](Nc2nc(ncc2F)N3)[C@H]4C(N)=O)CC1. The van der Waals surface area contributed by atoms with Crippen LogP contribution in [0.15, 0.2) is 24.4 Å². The summed E-state index contributed by atoms with van der Waals surface area (Å²) in [7, 11) is 2.11. The number of nitrogens with zero attached hydrogens (tertiary/aromatic N) is 4. The van der Waals surface area contributed by atoms with Crippen molar-refractivity contribution in [3.05, 3.63) is 35.8 Å². The molecule has 37 heavy (non-hydrogen) atoms. The normalized spacial score (nSPS) is 29.5. The van der Waals surface area contributed by atoms with Crippen molar-refractivity contribution in [3.63, 3.8) is 0 Å². The van der Waals surface area contributed by atoms with Gasteiger partial charge in [0.15, 0.2) is 11.6 Å². The van der Waals surface area contributed by atoms with Gasteiger partial charge in [-0.25, -0.2) is 9.37 Å². The lowest BCUT2D eigenvalue weighted by atomic mass is 9.77. The first-order valence-electron chi connectivity index (χ1n) is 13.0. The number of carbonyl (C=O) groups excluding carboxylic acids is 2. The highest BCUT2D eigenvalue weighted by atomic mass is 19.1. The van der Waals surface area contributed by atoms with E-state index in [0.29, 0.717) is 12.2 Å². The van der Waals surface area contributed by atoms with E-state index in [2.05, 4.69) is 42.8 Å². The van der Waals surface area contributed by atoms with Crippen LogP contribution in [0.4, 0.5) is 27.5 Å². The van der Waals surface area contributed by atoms with Crippen LogP contribution in [0.5, 0.6) is 0 Å². The monoisotopic (exact) mass is 508 g/mol. The molecule has 0 radical (unpaired) electrons. The minimum absolute atomic E-state index is 0.0380. The summed E-state index contributed by atoms with van der Waals surface area (Å²) in [5, 5.41) is 9.50. The van der Waals surface area contributed by atoms with Gasteiger partial charge in [-0.15, -0.1) is 0 Å². The number of carbonyl (C=O) groups is 2. The Labute approximate surface area is 215 Å². The number of benzene rings is 1. The number of aromatic nitrogens is 2. The lowest BCUT2D eigenvalue weighted by Gasteiger charge is -2.35. The first-order valence-corrected chi connectivity index (χ1v) is 13.0. The number of fused-ring (bicyclic) bond motifs is 5. The average Bonchev–Trinajstić information content (AvgIpc) is 3.44. The van der Waals surface area contributed by atoms with Crippen LogP contribution in [0.1, 0.15) is 18.4 Å². The predicted molar refractivity (Wildman–Crippen MR) is 138 cm³/mol. The predicted octanol–water partition coefficient (Wildman–Crippen LogP) is 1.32. The van der Waals surface area contributed by atoms with Crippen molar-refractivity contribution in [1.82, 2.24) is 20.2 Å². The summed E-state index contributed by atoms with van der Waals surface area (Å²) in [4.78, 5) is 38.6. The molecule has 1 aromatic carbocycles. The zero-order valence-electron chi connectivity index (χ0n) is 20.9. The molecule has 1 aromatic heterocycles. The molecule has 11 heteroatoms. The molecule has 0 unspecified atom stereocenters. The molecule has 3 heterocycles. The third-order valence-electron chi connectivity index (χ3n) is 8.61. The Morgan fingerprint density at radius 1 is 1.16 bits per heavy atom. The van der Waals surface area contributed by atoms with Crippen molar-refractivity contribution >= 4 is 35.0 Å². The molecular weight excluding hydrogens is 475 g/mol. The fraction of sp³-hybridized carbons (Fsp3) is 0.538. The van der Waals surface area contributed by atoms with E-state index in [4.69, 9.17) is 5.73 Å². The highest BCUT2D eigenvalue weighted by Crippen LogP contribution is 2.52. The van der Waals surface area contributed by atoms with Crippen molar-refractivity contribution in [2.75, 3.05) is 55.3 Å². The zero-order chi connectivity index (χ0) is 25.7. The van der Waals surface area contributed by atoms with E-state index >= 15 is 0 Å². The van der Waals surface area contributed by atoms with Crippen molar-refractivity contribution in [3.8, 4) is 0 Å². The Morgan fingerprint density at radius 3 is 2.76 bits per heavy atom. The molecule has 3 fully saturated rings. The number of amides is 2. The number of piperazine rings is 1. The lowest BCUT2D eigenvalue weighted by molar-refractivity contribution is -0.124. The maximum absolute atomic E-state index is 14.8. The van der Waals surface area contributed by atoms with Gasteiger partial charge >= 0.3 is 0 Å². The minimum atomic E-state index is -0.586. The second-order valence-corrected chi connectivity index (χ2v) is 10.9. The maximum atomic E-state index is 14.8. The van der Waals surface area contributed by atoms with Crippen LogP contribution < -0.4 is 26.6 Å².